The maximum atomic E-state index is 6.13. The highest BCUT2D eigenvalue weighted by molar-refractivity contribution is 7.98. The van der Waals surface area contributed by atoms with E-state index < -0.39 is 18.3 Å². The second-order valence-corrected chi connectivity index (χ2v) is 8.00. The molecule has 1 aliphatic rings. The molecule has 9 heteroatoms. The third-order valence-corrected chi connectivity index (χ3v) is 5.41. The maximum Gasteiger partial charge on any atom is 0.494 e. The molecule has 0 aliphatic carbocycles. The molecular weight excluding hydrogens is 365 g/mol. The molecule has 1 aromatic heterocycles. The molecule has 0 spiro atoms. The number of thioether (sulfide) groups is 1. The molecule has 0 N–H and O–H groups in total. The van der Waals surface area contributed by atoms with Gasteiger partial charge in [-0.05, 0) is 51.5 Å². The molecule has 7 nitrogen and oxygen atoms in total. The van der Waals surface area contributed by atoms with Crippen LogP contribution < -0.4 is 10.2 Å². The topological polar surface area (TPSA) is 75.6 Å². The van der Waals surface area contributed by atoms with E-state index in [-0.39, 0.29) is 6.79 Å². The predicted molar refractivity (Wildman–Crippen MR) is 105 cm³/mol. The van der Waals surface area contributed by atoms with Gasteiger partial charge in [0.1, 0.15) is 11.4 Å². The first-order valence-corrected chi connectivity index (χ1v) is 9.85. The monoisotopic (exact) mass is 389 g/mol. The molecule has 1 saturated heterocycles. The molecule has 2 heterocycles. The highest BCUT2D eigenvalue weighted by atomic mass is 32.2. The third kappa shape index (κ3) is 4.11. The Labute approximate surface area is 164 Å². The van der Waals surface area contributed by atoms with E-state index in [1.165, 1.54) is 11.8 Å². The standard InChI is InChI=1S/C18H24BN3O4S/c1-17(2)18(3,4)26-19(25-17)12-7-8-13(15(9-12)24-11-23-5)14-10-20-16(27-6)22-21-14/h7-10H,11H2,1-6H3. The molecule has 0 bridgehead atoms. The second kappa shape index (κ2) is 7.75. The summed E-state index contributed by atoms with van der Waals surface area (Å²) in [7, 11) is 1.10. The summed E-state index contributed by atoms with van der Waals surface area (Å²) in [5.41, 5.74) is 1.45. The van der Waals surface area contributed by atoms with Crippen LogP contribution in [0, 0.1) is 0 Å². The van der Waals surface area contributed by atoms with Crippen molar-refractivity contribution in [3.8, 4) is 17.0 Å². The van der Waals surface area contributed by atoms with Gasteiger partial charge in [-0.25, -0.2) is 4.98 Å². The fourth-order valence-electron chi connectivity index (χ4n) is 2.60. The van der Waals surface area contributed by atoms with Crippen molar-refractivity contribution in [1.29, 1.82) is 0 Å². The predicted octanol–water partition coefficient (Wildman–Crippen LogP) is 2.54. The Morgan fingerprint density at radius 2 is 1.81 bits per heavy atom. The van der Waals surface area contributed by atoms with Crippen molar-refractivity contribution in [2.75, 3.05) is 20.2 Å². The van der Waals surface area contributed by atoms with Crippen LogP contribution in [0.25, 0.3) is 11.3 Å². The fraction of sp³-hybridized carbons (Fsp3) is 0.500. The van der Waals surface area contributed by atoms with Gasteiger partial charge in [0.15, 0.2) is 6.79 Å². The summed E-state index contributed by atoms with van der Waals surface area (Å²) < 4.78 is 23.1. The zero-order chi connectivity index (χ0) is 19.7. The van der Waals surface area contributed by atoms with Crippen LogP contribution in [0.3, 0.4) is 0 Å². The summed E-state index contributed by atoms with van der Waals surface area (Å²) in [6.45, 7) is 8.22. The molecule has 0 radical (unpaired) electrons. The van der Waals surface area contributed by atoms with Gasteiger partial charge in [0.25, 0.3) is 0 Å². The Bertz CT molecular complexity index is 786. The number of hydrogen-bond acceptors (Lipinski definition) is 8. The van der Waals surface area contributed by atoms with E-state index in [0.717, 1.165) is 11.0 Å². The van der Waals surface area contributed by atoms with E-state index in [4.69, 9.17) is 18.8 Å². The van der Waals surface area contributed by atoms with E-state index in [2.05, 4.69) is 15.2 Å². The Balaban J connectivity index is 1.94. The molecular formula is C18H24BN3O4S. The van der Waals surface area contributed by atoms with E-state index in [9.17, 15) is 0 Å². The molecule has 27 heavy (non-hydrogen) atoms. The minimum Gasteiger partial charge on any atom is -0.467 e. The zero-order valence-corrected chi connectivity index (χ0v) is 17.3. The van der Waals surface area contributed by atoms with Crippen molar-refractivity contribution in [3.63, 3.8) is 0 Å². The fourth-order valence-corrected chi connectivity index (χ4v) is 2.88. The molecule has 1 aliphatic heterocycles. The SMILES string of the molecule is COCOc1cc(B2OC(C)(C)C(C)(C)O2)ccc1-c1cnc(SC)nn1. The Kier molecular flexibility index (Phi) is 5.76. The van der Waals surface area contributed by atoms with Gasteiger partial charge in [0, 0.05) is 12.7 Å². The Morgan fingerprint density at radius 1 is 1.11 bits per heavy atom. The number of methoxy groups -OCH3 is 1. The van der Waals surface area contributed by atoms with Crippen LogP contribution in [0.15, 0.2) is 29.6 Å². The largest absolute Gasteiger partial charge is 0.494 e. The number of aromatic nitrogens is 3. The highest BCUT2D eigenvalue weighted by Gasteiger charge is 2.51. The van der Waals surface area contributed by atoms with E-state index >= 15 is 0 Å². The smallest absolute Gasteiger partial charge is 0.467 e. The maximum absolute atomic E-state index is 6.13. The first-order valence-electron chi connectivity index (χ1n) is 8.63. The summed E-state index contributed by atoms with van der Waals surface area (Å²) >= 11 is 1.44. The first-order chi connectivity index (χ1) is 12.8. The van der Waals surface area contributed by atoms with Crippen LogP contribution in [0.4, 0.5) is 0 Å². The lowest BCUT2D eigenvalue weighted by Crippen LogP contribution is -2.41. The van der Waals surface area contributed by atoms with Crippen molar-refractivity contribution >= 4 is 24.3 Å². The minimum atomic E-state index is -0.475. The van der Waals surface area contributed by atoms with Crippen molar-refractivity contribution in [1.82, 2.24) is 15.2 Å². The molecule has 2 aromatic rings. The van der Waals surface area contributed by atoms with Crippen LogP contribution in [-0.4, -0.2) is 53.7 Å². The highest BCUT2D eigenvalue weighted by Crippen LogP contribution is 2.37. The van der Waals surface area contributed by atoms with Gasteiger partial charge in [-0.2, -0.15) is 0 Å². The third-order valence-electron chi connectivity index (χ3n) is 4.86. The average molecular weight is 389 g/mol. The van der Waals surface area contributed by atoms with Crippen LogP contribution in [0.2, 0.25) is 0 Å². The van der Waals surface area contributed by atoms with Gasteiger partial charge >= 0.3 is 7.12 Å². The lowest BCUT2D eigenvalue weighted by Gasteiger charge is -2.32. The quantitative estimate of drug-likeness (QED) is 0.424. The van der Waals surface area contributed by atoms with Gasteiger partial charge in [0.2, 0.25) is 5.16 Å². The van der Waals surface area contributed by atoms with Crippen LogP contribution in [0.1, 0.15) is 27.7 Å². The van der Waals surface area contributed by atoms with Crippen molar-refractivity contribution in [3.05, 3.63) is 24.4 Å². The van der Waals surface area contributed by atoms with E-state index in [0.29, 0.717) is 16.6 Å². The lowest BCUT2D eigenvalue weighted by molar-refractivity contribution is 0.00578. The van der Waals surface area contributed by atoms with Gasteiger partial charge in [-0.15, -0.1) is 10.2 Å². The molecule has 144 valence electrons. The van der Waals surface area contributed by atoms with Crippen LogP contribution in [0.5, 0.6) is 5.75 Å². The summed E-state index contributed by atoms with van der Waals surface area (Å²) in [5, 5.41) is 8.96. The van der Waals surface area contributed by atoms with Crippen molar-refractivity contribution in [2.24, 2.45) is 0 Å². The number of ether oxygens (including phenoxy) is 2. The molecule has 0 amide bonds. The van der Waals surface area contributed by atoms with Crippen molar-refractivity contribution < 1.29 is 18.8 Å². The summed E-state index contributed by atoms with van der Waals surface area (Å²) in [5.74, 6) is 0.608. The van der Waals surface area contributed by atoms with E-state index in [1.807, 2.05) is 52.1 Å². The number of rotatable bonds is 6. The van der Waals surface area contributed by atoms with Gasteiger partial charge in [-0.1, -0.05) is 17.8 Å². The number of hydrogen-bond donors (Lipinski definition) is 0. The summed E-state index contributed by atoms with van der Waals surface area (Å²) in [4.78, 5) is 4.29. The zero-order valence-electron chi connectivity index (χ0n) is 16.5. The van der Waals surface area contributed by atoms with E-state index in [1.54, 1.807) is 13.3 Å². The van der Waals surface area contributed by atoms with Crippen LogP contribution >= 0.6 is 11.8 Å². The average Bonchev–Trinajstić information content (AvgIpc) is 2.87. The number of benzene rings is 1. The molecule has 1 fully saturated rings. The molecule has 0 unspecified atom stereocenters. The number of nitrogens with zero attached hydrogens (tertiary/aromatic N) is 3. The Morgan fingerprint density at radius 3 is 2.37 bits per heavy atom. The first kappa shape index (κ1) is 20.1. The molecule has 3 rings (SSSR count). The molecule has 1 aromatic carbocycles. The Hall–Kier alpha value is -1.68. The van der Waals surface area contributed by atoms with Crippen molar-refractivity contribution in [2.45, 2.75) is 44.1 Å². The van der Waals surface area contributed by atoms with Gasteiger partial charge in [0.05, 0.1) is 17.4 Å². The van der Waals surface area contributed by atoms with Gasteiger partial charge in [-0.3, -0.25) is 0 Å². The summed E-state index contributed by atoms with van der Waals surface area (Å²) in [6.07, 6.45) is 3.59. The normalized spacial score (nSPS) is 17.9. The van der Waals surface area contributed by atoms with Crippen LogP contribution in [-0.2, 0) is 14.0 Å². The summed E-state index contributed by atoms with van der Waals surface area (Å²) in [6, 6.07) is 5.75. The second-order valence-electron chi connectivity index (χ2n) is 7.22. The molecule has 0 saturated carbocycles. The molecule has 0 atom stereocenters. The lowest BCUT2D eigenvalue weighted by atomic mass is 9.78. The minimum absolute atomic E-state index is 0.115. The van der Waals surface area contributed by atoms with Gasteiger partial charge < -0.3 is 18.8 Å².